The lowest BCUT2D eigenvalue weighted by molar-refractivity contribution is 0.284. The van der Waals surface area contributed by atoms with Crippen LogP contribution in [0.2, 0.25) is 0 Å². The van der Waals surface area contributed by atoms with E-state index in [-0.39, 0.29) is 12.6 Å². The van der Waals surface area contributed by atoms with Gasteiger partial charge in [-0.1, -0.05) is 42.5 Å². The molecule has 0 aliphatic heterocycles. The third kappa shape index (κ3) is 2.86. The molecule has 0 spiro atoms. The first-order chi connectivity index (χ1) is 5.83. The Morgan fingerprint density at radius 1 is 1.33 bits per heavy atom. The zero-order chi connectivity index (χ0) is 8.81. The van der Waals surface area contributed by atoms with Crippen LogP contribution in [0.3, 0.4) is 0 Å². The first kappa shape index (κ1) is 8.97. The van der Waals surface area contributed by atoms with E-state index in [0.29, 0.717) is 0 Å². The van der Waals surface area contributed by atoms with Crippen LogP contribution in [0.15, 0.2) is 36.4 Å². The van der Waals surface area contributed by atoms with Crippen molar-refractivity contribution in [2.45, 2.75) is 6.04 Å². The van der Waals surface area contributed by atoms with Crippen LogP contribution >= 0.6 is 0 Å². The van der Waals surface area contributed by atoms with E-state index in [0.717, 1.165) is 5.56 Å². The number of benzene rings is 1. The van der Waals surface area contributed by atoms with Gasteiger partial charge in [0.15, 0.2) is 0 Å². The SMILES string of the molecule is N[C@@H](C=Cc1ccccc1)CO. The highest BCUT2D eigenvalue weighted by molar-refractivity contribution is 5.49. The van der Waals surface area contributed by atoms with Gasteiger partial charge in [-0.05, 0) is 5.56 Å². The molecule has 0 saturated carbocycles. The Bertz CT molecular complexity index is 243. The summed E-state index contributed by atoms with van der Waals surface area (Å²) in [7, 11) is 0. The molecule has 64 valence electrons. The first-order valence-electron chi connectivity index (χ1n) is 3.92. The van der Waals surface area contributed by atoms with E-state index in [1.54, 1.807) is 6.08 Å². The van der Waals surface area contributed by atoms with Crippen molar-refractivity contribution in [3.8, 4) is 0 Å². The molecular formula is C10H13NO. The van der Waals surface area contributed by atoms with Gasteiger partial charge in [0.1, 0.15) is 0 Å². The van der Waals surface area contributed by atoms with Gasteiger partial charge in [0.25, 0.3) is 0 Å². The molecule has 0 aliphatic rings. The molecule has 1 aromatic rings. The minimum Gasteiger partial charge on any atom is -0.394 e. The maximum atomic E-state index is 8.64. The normalized spacial score (nSPS) is 13.5. The summed E-state index contributed by atoms with van der Waals surface area (Å²) in [5, 5.41) is 8.64. The maximum Gasteiger partial charge on any atom is 0.0618 e. The predicted molar refractivity (Wildman–Crippen MR) is 50.5 cm³/mol. The highest BCUT2D eigenvalue weighted by Crippen LogP contribution is 2.00. The quantitative estimate of drug-likeness (QED) is 0.698. The second kappa shape index (κ2) is 4.70. The summed E-state index contributed by atoms with van der Waals surface area (Å²) in [6.45, 7) is -0.0106. The third-order valence-corrected chi connectivity index (χ3v) is 1.55. The fraction of sp³-hybridized carbons (Fsp3) is 0.200. The van der Waals surface area contributed by atoms with Gasteiger partial charge in [0.05, 0.1) is 6.61 Å². The van der Waals surface area contributed by atoms with E-state index in [1.807, 2.05) is 36.4 Å². The fourth-order valence-electron chi connectivity index (χ4n) is 0.860. The molecule has 0 fully saturated rings. The third-order valence-electron chi connectivity index (χ3n) is 1.55. The van der Waals surface area contributed by atoms with Crippen molar-refractivity contribution in [3.63, 3.8) is 0 Å². The van der Waals surface area contributed by atoms with Crippen molar-refractivity contribution in [2.75, 3.05) is 6.61 Å². The number of rotatable bonds is 3. The number of nitrogens with two attached hydrogens (primary N) is 1. The number of hydrogen-bond acceptors (Lipinski definition) is 2. The van der Waals surface area contributed by atoms with Gasteiger partial charge in [-0.15, -0.1) is 0 Å². The first-order valence-corrected chi connectivity index (χ1v) is 3.92. The van der Waals surface area contributed by atoms with Crippen molar-refractivity contribution in [2.24, 2.45) is 5.73 Å². The summed E-state index contributed by atoms with van der Waals surface area (Å²) in [5.74, 6) is 0. The molecule has 0 aliphatic carbocycles. The number of aliphatic hydroxyl groups excluding tert-OH is 1. The van der Waals surface area contributed by atoms with Gasteiger partial charge in [0, 0.05) is 6.04 Å². The van der Waals surface area contributed by atoms with Crippen LogP contribution in [0.25, 0.3) is 6.08 Å². The zero-order valence-electron chi connectivity index (χ0n) is 6.85. The Hall–Kier alpha value is -1.12. The lowest BCUT2D eigenvalue weighted by Gasteiger charge is -1.98. The van der Waals surface area contributed by atoms with E-state index in [4.69, 9.17) is 10.8 Å². The minimum atomic E-state index is -0.259. The van der Waals surface area contributed by atoms with Crippen molar-refractivity contribution < 1.29 is 5.11 Å². The molecule has 1 aromatic carbocycles. The highest BCUT2D eigenvalue weighted by Gasteiger charge is 1.91. The largest absolute Gasteiger partial charge is 0.394 e. The molecule has 0 heterocycles. The Balaban J connectivity index is 2.58. The molecule has 0 bridgehead atoms. The van der Waals surface area contributed by atoms with Crippen LogP contribution in [0.5, 0.6) is 0 Å². The monoisotopic (exact) mass is 163 g/mol. The molecule has 1 rings (SSSR count). The molecule has 0 saturated heterocycles. The summed E-state index contributed by atoms with van der Waals surface area (Å²) in [5.41, 5.74) is 6.58. The van der Waals surface area contributed by atoms with Crippen molar-refractivity contribution in [1.29, 1.82) is 0 Å². The smallest absolute Gasteiger partial charge is 0.0618 e. The molecule has 0 amide bonds. The van der Waals surface area contributed by atoms with Crippen LogP contribution < -0.4 is 5.73 Å². The zero-order valence-corrected chi connectivity index (χ0v) is 6.85. The Labute approximate surface area is 72.3 Å². The summed E-state index contributed by atoms with van der Waals surface area (Å²) >= 11 is 0. The van der Waals surface area contributed by atoms with Crippen LogP contribution in [-0.4, -0.2) is 17.8 Å². The van der Waals surface area contributed by atoms with Gasteiger partial charge < -0.3 is 10.8 Å². The van der Waals surface area contributed by atoms with Crippen molar-refractivity contribution in [1.82, 2.24) is 0 Å². The molecule has 12 heavy (non-hydrogen) atoms. The van der Waals surface area contributed by atoms with Gasteiger partial charge in [-0.2, -0.15) is 0 Å². The minimum absolute atomic E-state index is 0.0106. The van der Waals surface area contributed by atoms with E-state index in [1.165, 1.54) is 0 Å². The summed E-state index contributed by atoms with van der Waals surface area (Å²) < 4.78 is 0. The number of aliphatic hydroxyl groups is 1. The lowest BCUT2D eigenvalue weighted by atomic mass is 10.2. The molecule has 2 heteroatoms. The summed E-state index contributed by atoms with van der Waals surface area (Å²) in [4.78, 5) is 0. The topological polar surface area (TPSA) is 46.2 Å². The average Bonchev–Trinajstić information content (AvgIpc) is 2.16. The van der Waals surface area contributed by atoms with Gasteiger partial charge in [-0.3, -0.25) is 0 Å². The van der Waals surface area contributed by atoms with Crippen molar-refractivity contribution >= 4 is 6.08 Å². The Morgan fingerprint density at radius 2 is 2.00 bits per heavy atom. The number of hydrogen-bond donors (Lipinski definition) is 2. The average molecular weight is 163 g/mol. The summed E-state index contributed by atoms with van der Waals surface area (Å²) in [6, 6.07) is 9.60. The molecule has 0 unspecified atom stereocenters. The predicted octanol–water partition coefficient (Wildman–Crippen LogP) is 1.02. The summed E-state index contributed by atoms with van der Waals surface area (Å²) in [6.07, 6.45) is 3.69. The van der Waals surface area contributed by atoms with Crippen LogP contribution in [0.1, 0.15) is 5.56 Å². The molecule has 0 radical (unpaired) electrons. The molecule has 2 nitrogen and oxygen atoms in total. The Morgan fingerprint density at radius 3 is 2.58 bits per heavy atom. The second-order valence-corrected chi connectivity index (χ2v) is 2.62. The molecule has 1 atom stereocenters. The van der Waals surface area contributed by atoms with Gasteiger partial charge >= 0.3 is 0 Å². The molecule has 3 N–H and O–H groups in total. The Kier molecular flexibility index (Phi) is 3.51. The highest BCUT2D eigenvalue weighted by atomic mass is 16.3. The molecular weight excluding hydrogens is 150 g/mol. The van der Waals surface area contributed by atoms with Gasteiger partial charge in [0.2, 0.25) is 0 Å². The van der Waals surface area contributed by atoms with Gasteiger partial charge in [-0.25, -0.2) is 0 Å². The second-order valence-electron chi connectivity index (χ2n) is 2.62. The maximum absolute atomic E-state index is 8.64. The van der Waals surface area contributed by atoms with Crippen LogP contribution in [-0.2, 0) is 0 Å². The van der Waals surface area contributed by atoms with Crippen molar-refractivity contribution in [3.05, 3.63) is 42.0 Å². The van der Waals surface area contributed by atoms with E-state index < -0.39 is 0 Å². The van der Waals surface area contributed by atoms with E-state index in [2.05, 4.69) is 0 Å². The standard InChI is InChI=1S/C10H13NO/c11-10(8-12)7-6-9-4-2-1-3-5-9/h1-7,10,12H,8,11H2/t10-/m0/s1. The lowest BCUT2D eigenvalue weighted by Crippen LogP contribution is -2.20. The fourth-order valence-corrected chi connectivity index (χ4v) is 0.860. The van der Waals surface area contributed by atoms with E-state index in [9.17, 15) is 0 Å². The van der Waals surface area contributed by atoms with Crippen LogP contribution in [0, 0.1) is 0 Å². The van der Waals surface area contributed by atoms with E-state index >= 15 is 0 Å². The van der Waals surface area contributed by atoms with Crippen LogP contribution in [0.4, 0.5) is 0 Å². The molecule has 0 aromatic heterocycles.